The summed E-state index contributed by atoms with van der Waals surface area (Å²) in [6.07, 6.45) is 0.954. The van der Waals surface area contributed by atoms with Crippen molar-refractivity contribution in [1.82, 2.24) is 0 Å². The predicted molar refractivity (Wildman–Crippen MR) is 108 cm³/mol. The number of carbonyl (C=O) groups is 2. The zero-order chi connectivity index (χ0) is 19.1. The Labute approximate surface area is 169 Å². The first kappa shape index (κ1) is 19.0. The van der Waals surface area contributed by atoms with Gasteiger partial charge in [-0.1, -0.05) is 11.2 Å². The number of hydrogen-bond acceptors (Lipinski definition) is 6. The van der Waals surface area contributed by atoms with Crippen LogP contribution in [0, 0.1) is 3.57 Å². The fourth-order valence-electron chi connectivity index (χ4n) is 2.24. The molecule has 1 aliphatic heterocycles. The summed E-state index contributed by atoms with van der Waals surface area (Å²) < 4.78 is 11.9. The van der Waals surface area contributed by atoms with Crippen molar-refractivity contribution < 1.29 is 23.9 Å². The second-order valence-electron chi connectivity index (χ2n) is 5.41. The number of nitrogens with zero attached hydrogens (tertiary/aromatic N) is 1. The number of nitrogens with one attached hydrogen (secondary N) is 2. The van der Waals surface area contributed by atoms with Crippen LogP contribution < -0.4 is 20.1 Å². The van der Waals surface area contributed by atoms with Crippen molar-refractivity contribution in [3.8, 4) is 11.5 Å². The molecule has 0 unspecified atom stereocenters. The van der Waals surface area contributed by atoms with Crippen LogP contribution in [0.4, 0.5) is 11.4 Å². The molecule has 0 saturated carbocycles. The van der Waals surface area contributed by atoms with Gasteiger partial charge in [0.25, 0.3) is 11.8 Å². The number of ether oxygens (including phenoxy) is 2. The standard InChI is InChI=1S/C18H16IN3O5/c19-12-2-1-3-13(8-12)22-18(24)11-27-20-10-17(23)21-14-4-5-15-16(9-14)26-7-6-25-15/h1-5,8-10H,6-7,11H2,(H,21,23)(H,22,24)/b20-10+. The molecule has 2 aromatic rings. The monoisotopic (exact) mass is 481 g/mol. The van der Waals surface area contributed by atoms with Gasteiger partial charge >= 0.3 is 0 Å². The van der Waals surface area contributed by atoms with Crippen molar-refractivity contribution in [1.29, 1.82) is 0 Å². The van der Waals surface area contributed by atoms with Crippen LogP contribution in [0.5, 0.6) is 11.5 Å². The number of amides is 2. The van der Waals surface area contributed by atoms with Gasteiger partial charge in [-0.25, -0.2) is 0 Å². The lowest BCUT2D eigenvalue weighted by Gasteiger charge is -2.18. The normalized spacial score (nSPS) is 12.5. The van der Waals surface area contributed by atoms with Gasteiger partial charge in [0.2, 0.25) is 0 Å². The van der Waals surface area contributed by atoms with E-state index in [1.807, 2.05) is 18.2 Å². The van der Waals surface area contributed by atoms with Crippen molar-refractivity contribution in [2.75, 3.05) is 30.5 Å². The molecule has 27 heavy (non-hydrogen) atoms. The molecule has 3 rings (SSSR count). The maximum absolute atomic E-state index is 11.8. The zero-order valence-corrected chi connectivity index (χ0v) is 16.3. The van der Waals surface area contributed by atoms with E-state index in [0.717, 1.165) is 9.78 Å². The number of anilines is 2. The van der Waals surface area contributed by atoms with E-state index < -0.39 is 5.91 Å². The molecule has 1 heterocycles. The minimum atomic E-state index is -0.496. The third-order valence-electron chi connectivity index (χ3n) is 3.36. The number of oxime groups is 1. The summed E-state index contributed by atoms with van der Waals surface area (Å²) in [6.45, 7) is 0.656. The molecular formula is C18H16IN3O5. The Balaban J connectivity index is 1.43. The number of halogens is 1. The quantitative estimate of drug-likeness (QED) is 0.376. The summed E-state index contributed by atoms with van der Waals surface area (Å²) in [4.78, 5) is 28.4. The minimum Gasteiger partial charge on any atom is -0.486 e. The van der Waals surface area contributed by atoms with Gasteiger partial charge in [-0.05, 0) is 52.9 Å². The molecule has 2 aromatic carbocycles. The van der Waals surface area contributed by atoms with E-state index in [1.54, 1.807) is 24.3 Å². The maximum atomic E-state index is 11.8. The molecule has 9 heteroatoms. The van der Waals surface area contributed by atoms with Crippen LogP contribution >= 0.6 is 22.6 Å². The highest BCUT2D eigenvalue weighted by Crippen LogP contribution is 2.32. The van der Waals surface area contributed by atoms with E-state index in [2.05, 4.69) is 38.4 Å². The van der Waals surface area contributed by atoms with Crippen molar-refractivity contribution in [3.05, 3.63) is 46.0 Å². The topological polar surface area (TPSA) is 98.2 Å². The molecule has 0 atom stereocenters. The van der Waals surface area contributed by atoms with E-state index in [-0.39, 0.29) is 12.5 Å². The molecule has 0 saturated heterocycles. The highest BCUT2D eigenvalue weighted by Gasteiger charge is 2.12. The van der Waals surface area contributed by atoms with E-state index >= 15 is 0 Å². The highest BCUT2D eigenvalue weighted by atomic mass is 127. The van der Waals surface area contributed by atoms with Crippen LogP contribution in [-0.4, -0.2) is 37.8 Å². The second-order valence-corrected chi connectivity index (χ2v) is 6.66. The Kier molecular flexibility index (Phi) is 6.47. The summed E-state index contributed by atoms with van der Waals surface area (Å²) in [5, 5.41) is 8.79. The van der Waals surface area contributed by atoms with Crippen molar-refractivity contribution in [2.24, 2.45) is 5.16 Å². The van der Waals surface area contributed by atoms with Crippen LogP contribution in [0.2, 0.25) is 0 Å². The predicted octanol–water partition coefficient (Wildman–Crippen LogP) is 2.64. The molecule has 0 aliphatic carbocycles. The number of hydrogen-bond donors (Lipinski definition) is 2. The molecule has 2 N–H and O–H groups in total. The molecule has 0 spiro atoms. The van der Waals surface area contributed by atoms with Crippen LogP contribution in [0.15, 0.2) is 47.6 Å². The number of benzene rings is 2. The first-order valence-corrected chi connectivity index (χ1v) is 9.09. The van der Waals surface area contributed by atoms with Crippen LogP contribution in [0.1, 0.15) is 0 Å². The van der Waals surface area contributed by atoms with E-state index in [1.165, 1.54) is 0 Å². The molecule has 1 aliphatic rings. The first-order valence-electron chi connectivity index (χ1n) is 8.01. The number of rotatable bonds is 6. The Hall–Kier alpha value is -2.82. The molecule has 0 fully saturated rings. The number of carbonyl (C=O) groups excluding carboxylic acids is 2. The zero-order valence-electron chi connectivity index (χ0n) is 14.1. The average molecular weight is 481 g/mol. The van der Waals surface area contributed by atoms with Gasteiger partial charge in [0, 0.05) is 21.0 Å². The summed E-state index contributed by atoms with van der Waals surface area (Å²) in [5.41, 5.74) is 1.20. The molecule has 2 amide bonds. The van der Waals surface area contributed by atoms with Crippen molar-refractivity contribution in [3.63, 3.8) is 0 Å². The van der Waals surface area contributed by atoms with Crippen LogP contribution in [0.25, 0.3) is 0 Å². The second kappa shape index (κ2) is 9.21. The Morgan fingerprint density at radius 2 is 1.85 bits per heavy atom. The molecule has 0 radical (unpaired) electrons. The molecule has 0 bridgehead atoms. The molecular weight excluding hydrogens is 465 g/mol. The smallest absolute Gasteiger partial charge is 0.270 e. The van der Waals surface area contributed by atoms with E-state index in [4.69, 9.17) is 14.3 Å². The van der Waals surface area contributed by atoms with E-state index in [0.29, 0.717) is 36.1 Å². The van der Waals surface area contributed by atoms with Crippen LogP contribution in [0.3, 0.4) is 0 Å². The van der Waals surface area contributed by atoms with Gasteiger partial charge in [-0.2, -0.15) is 0 Å². The Bertz CT molecular complexity index is 872. The van der Waals surface area contributed by atoms with Gasteiger partial charge < -0.3 is 24.9 Å². The van der Waals surface area contributed by atoms with Gasteiger partial charge in [0.1, 0.15) is 19.4 Å². The summed E-state index contributed by atoms with van der Waals surface area (Å²) in [7, 11) is 0. The minimum absolute atomic E-state index is 0.306. The lowest BCUT2D eigenvalue weighted by molar-refractivity contribution is -0.120. The Morgan fingerprint density at radius 1 is 1.07 bits per heavy atom. The maximum Gasteiger partial charge on any atom is 0.270 e. The molecule has 140 valence electrons. The summed E-state index contributed by atoms with van der Waals surface area (Å²) in [6, 6.07) is 12.4. The average Bonchev–Trinajstić information content (AvgIpc) is 2.65. The highest BCUT2D eigenvalue weighted by molar-refractivity contribution is 14.1. The fourth-order valence-corrected chi connectivity index (χ4v) is 2.78. The molecule has 8 nitrogen and oxygen atoms in total. The fraction of sp³-hybridized carbons (Fsp3) is 0.167. The van der Waals surface area contributed by atoms with Gasteiger partial charge in [0.15, 0.2) is 18.1 Å². The van der Waals surface area contributed by atoms with Crippen molar-refractivity contribution in [2.45, 2.75) is 0 Å². The summed E-state index contributed by atoms with van der Waals surface area (Å²) >= 11 is 2.15. The first-order chi connectivity index (χ1) is 13.1. The number of fused-ring (bicyclic) bond motifs is 1. The largest absolute Gasteiger partial charge is 0.486 e. The lowest BCUT2D eigenvalue weighted by atomic mass is 10.2. The Morgan fingerprint density at radius 3 is 2.67 bits per heavy atom. The lowest BCUT2D eigenvalue weighted by Crippen LogP contribution is -2.18. The van der Waals surface area contributed by atoms with Crippen LogP contribution in [-0.2, 0) is 14.4 Å². The third-order valence-corrected chi connectivity index (χ3v) is 4.03. The third kappa shape index (κ3) is 5.84. The summed E-state index contributed by atoms with van der Waals surface area (Å²) in [5.74, 6) is 0.334. The SMILES string of the molecule is O=C(/C=N/OCC(=O)Nc1cccc(I)c1)Nc1ccc2c(c1)OCCO2. The van der Waals surface area contributed by atoms with Crippen molar-refractivity contribution >= 4 is 52.0 Å². The van der Waals surface area contributed by atoms with Gasteiger partial charge in [0.05, 0.1) is 0 Å². The van der Waals surface area contributed by atoms with Gasteiger partial charge in [-0.3, -0.25) is 9.59 Å². The van der Waals surface area contributed by atoms with Gasteiger partial charge in [-0.15, -0.1) is 0 Å². The van der Waals surface area contributed by atoms with E-state index in [9.17, 15) is 9.59 Å². The molecule has 0 aromatic heterocycles.